The van der Waals surface area contributed by atoms with Gasteiger partial charge < -0.3 is 10.4 Å². The van der Waals surface area contributed by atoms with Crippen LogP contribution in [0.3, 0.4) is 0 Å². The SMILES string of the molecule is Cn1ncnc1NC(=O)Nc1ccc(CC(=O)O)nc1. The van der Waals surface area contributed by atoms with Gasteiger partial charge in [0, 0.05) is 7.05 Å². The van der Waals surface area contributed by atoms with Gasteiger partial charge in [0.1, 0.15) is 6.33 Å². The number of carbonyl (C=O) groups is 2. The number of hydrogen-bond acceptors (Lipinski definition) is 5. The number of aryl methyl sites for hydroxylation is 1. The number of nitrogens with one attached hydrogen (secondary N) is 2. The Hall–Kier alpha value is -2.97. The maximum Gasteiger partial charge on any atom is 0.326 e. The number of nitrogens with zero attached hydrogens (tertiary/aromatic N) is 4. The van der Waals surface area contributed by atoms with E-state index in [1.54, 1.807) is 13.1 Å². The first-order valence-corrected chi connectivity index (χ1v) is 5.63. The van der Waals surface area contributed by atoms with Gasteiger partial charge in [0.25, 0.3) is 0 Å². The van der Waals surface area contributed by atoms with Gasteiger partial charge in [-0.3, -0.25) is 15.1 Å². The molecule has 9 nitrogen and oxygen atoms in total. The Morgan fingerprint density at radius 1 is 1.30 bits per heavy atom. The van der Waals surface area contributed by atoms with Gasteiger partial charge in [-0.05, 0) is 12.1 Å². The summed E-state index contributed by atoms with van der Waals surface area (Å²) in [6.45, 7) is 0. The van der Waals surface area contributed by atoms with E-state index in [1.165, 1.54) is 23.3 Å². The molecule has 0 aliphatic carbocycles. The Morgan fingerprint density at radius 2 is 2.10 bits per heavy atom. The summed E-state index contributed by atoms with van der Waals surface area (Å²) in [6, 6.07) is 2.61. The van der Waals surface area contributed by atoms with Crippen LogP contribution in [0.2, 0.25) is 0 Å². The molecule has 0 atom stereocenters. The van der Waals surface area contributed by atoms with Crippen LogP contribution >= 0.6 is 0 Å². The molecule has 0 radical (unpaired) electrons. The van der Waals surface area contributed by atoms with Gasteiger partial charge in [0.2, 0.25) is 5.95 Å². The Labute approximate surface area is 113 Å². The van der Waals surface area contributed by atoms with Gasteiger partial charge in [-0.15, -0.1) is 0 Å². The number of urea groups is 1. The molecule has 0 fully saturated rings. The van der Waals surface area contributed by atoms with Crippen molar-refractivity contribution < 1.29 is 14.7 Å². The maximum atomic E-state index is 11.7. The van der Waals surface area contributed by atoms with Crippen LogP contribution in [0.5, 0.6) is 0 Å². The van der Waals surface area contributed by atoms with Crippen molar-refractivity contribution >= 4 is 23.6 Å². The van der Waals surface area contributed by atoms with Crippen molar-refractivity contribution in [2.75, 3.05) is 10.6 Å². The molecule has 0 saturated heterocycles. The van der Waals surface area contributed by atoms with E-state index in [9.17, 15) is 9.59 Å². The number of carbonyl (C=O) groups excluding carboxylic acids is 1. The molecule has 0 saturated carbocycles. The third kappa shape index (κ3) is 3.51. The molecule has 0 bridgehead atoms. The summed E-state index contributed by atoms with van der Waals surface area (Å²) in [5.74, 6) is -0.656. The Bertz CT molecular complexity index is 621. The van der Waals surface area contributed by atoms with E-state index in [1.807, 2.05) is 0 Å². The number of amides is 2. The van der Waals surface area contributed by atoms with Gasteiger partial charge in [-0.25, -0.2) is 9.48 Å². The Kier molecular flexibility index (Phi) is 3.89. The highest BCUT2D eigenvalue weighted by Crippen LogP contribution is 2.07. The zero-order chi connectivity index (χ0) is 14.5. The first kappa shape index (κ1) is 13.5. The second-order valence-electron chi connectivity index (χ2n) is 3.90. The highest BCUT2D eigenvalue weighted by Gasteiger charge is 2.07. The van der Waals surface area contributed by atoms with Crippen LogP contribution in [0.1, 0.15) is 5.69 Å². The predicted molar refractivity (Wildman–Crippen MR) is 69.2 cm³/mol. The van der Waals surface area contributed by atoms with Crippen LogP contribution in [0.25, 0.3) is 0 Å². The highest BCUT2D eigenvalue weighted by atomic mass is 16.4. The number of carboxylic acid groups (broad SMARTS) is 1. The first-order valence-electron chi connectivity index (χ1n) is 5.63. The molecule has 9 heteroatoms. The molecule has 104 valence electrons. The summed E-state index contributed by atoms with van der Waals surface area (Å²) < 4.78 is 1.41. The van der Waals surface area contributed by atoms with Crippen molar-refractivity contribution in [3.8, 4) is 0 Å². The second-order valence-corrected chi connectivity index (χ2v) is 3.90. The molecule has 0 aliphatic heterocycles. The average molecular weight is 276 g/mol. The van der Waals surface area contributed by atoms with Crippen molar-refractivity contribution in [2.45, 2.75) is 6.42 Å². The Morgan fingerprint density at radius 3 is 2.65 bits per heavy atom. The lowest BCUT2D eigenvalue weighted by Gasteiger charge is -2.06. The summed E-state index contributed by atoms with van der Waals surface area (Å²) in [6.07, 6.45) is 2.54. The molecule has 2 heterocycles. The predicted octanol–water partition coefficient (Wildman–Crippen LogP) is 0.481. The average Bonchev–Trinajstić information content (AvgIpc) is 2.77. The quantitative estimate of drug-likeness (QED) is 0.746. The van der Waals surface area contributed by atoms with E-state index in [0.717, 1.165) is 0 Å². The van der Waals surface area contributed by atoms with Crippen LogP contribution in [-0.4, -0.2) is 36.9 Å². The zero-order valence-corrected chi connectivity index (χ0v) is 10.6. The number of anilines is 2. The van der Waals surface area contributed by atoms with E-state index in [4.69, 9.17) is 5.11 Å². The minimum Gasteiger partial charge on any atom is -0.481 e. The normalized spacial score (nSPS) is 10.1. The summed E-state index contributed by atoms with van der Waals surface area (Å²) in [5.41, 5.74) is 0.857. The molecule has 20 heavy (non-hydrogen) atoms. The van der Waals surface area contributed by atoms with Crippen molar-refractivity contribution in [1.82, 2.24) is 19.7 Å². The number of carboxylic acids is 1. The summed E-state index contributed by atoms with van der Waals surface area (Å²) in [4.78, 5) is 29.9. The van der Waals surface area contributed by atoms with Crippen molar-refractivity contribution in [1.29, 1.82) is 0 Å². The molecule has 2 rings (SSSR count). The molecule has 0 spiro atoms. The fraction of sp³-hybridized carbons (Fsp3) is 0.182. The summed E-state index contributed by atoms with van der Waals surface area (Å²) in [5, 5.41) is 17.5. The third-order valence-electron chi connectivity index (χ3n) is 2.35. The number of aromatic nitrogens is 4. The lowest BCUT2D eigenvalue weighted by molar-refractivity contribution is -0.136. The van der Waals surface area contributed by atoms with Gasteiger partial charge >= 0.3 is 12.0 Å². The topological polar surface area (TPSA) is 122 Å². The van der Waals surface area contributed by atoms with E-state index in [0.29, 0.717) is 17.3 Å². The molecular weight excluding hydrogens is 264 g/mol. The lowest BCUT2D eigenvalue weighted by atomic mass is 10.2. The molecule has 2 aromatic rings. The monoisotopic (exact) mass is 276 g/mol. The minimum absolute atomic E-state index is 0.161. The summed E-state index contributed by atoms with van der Waals surface area (Å²) in [7, 11) is 1.64. The van der Waals surface area contributed by atoms with Gasteiger partial charge in [-0.2, -0.15) is 10.1 Å². The largest absolute Gasteiger partial charge is 0.481 e. The molecule has 2 amide bonds. The number of aliphatic carboxylic acids is 1. The van der Waals surface area contributed by atoms with Gasteiger partial charge in [0.15, 0.2) is 0 Å². The molecule has 3 N–H and O–H groups in total. The standard InChI is InChI=1S/C11H12N6O3/c1-17-10(13-6-14-17)16-11(20)15-8-3-2-7(12-5-8)4-9(18)19/h2-3,5-6H,4H2,1H3,(H,18,19)(H2,13,14,15,16,20). The van der Waals surface area contributed by atoms with Gasteiger partial charge in [0.05, 0.1) is 24.0 Å². The molecule has 0 unspecified atom stereocenters. The maximum absolute atomic E-state index is 11.7. The van der Waals surface area contributed by atoms with E-state index < -0.39 is 12.0 Å². The first-order chi connectivity index (χ1) is 9.54. The smallest absolute Gasteiger partial charge is 0.326 e. The number of pyridine rings is 1. The molecule has 0 aliphatic rings. The lowest BCUT2D eigenvalue weighted by Crippen LogP contribution is -2.21. The fourth-order valence-electron chi connectivity index (χ4n) is 1.43. The van der Waals surface area contributed by atoms with Crippen LogP contribution in [0.4, 0.5) is 16.4 Å². The highest BCUT2D eigenvalue weighted by molar-refractivity contribution is 5.98. The molecule has 2 aromatic heterocycles. The molecular formula is C11H12N6O3. The van der Waals surface area contributed by atoms with E-state index in [2.05, 4.69) is 25.7 Å². The van der Waals surface area contributed by atoms with E-state index >= 15 is 0 Å². The van der Waals surface area contributed by atoms with Crippen LogP contribution < -0.4 is 10.6 Å². The summed E-state index contributed by atoms with van der Waals surface area (Å²) >= 11 is 0. The van der Waals surface area contributed by atoms with Crippen LogP contribution in [-0.2, 0) is 18.3 Å². The van der Waals surface area contributed by atoms with Gasteiger partial charge in [-0.1, -0.05) is 0 Å². The third-order valence-corrected chi connectivity index (χ3v) is 2.35. The van der Waals surface area contributed by atoms with E-state index in [-0.39, 0.29) is 6.42 Å². The van der Waals surface area contributed by atoms with Crippen LogP contribution in [0.15, 0.2) is 24.7 Å². The minimum atomic E-state index is -0.960. The zero-order valence-electron chi connectivity index (χ0n) is 10.6. The van der Waals surface area contributed by atoms with Crippen molar-refractivity contribution in [3.63, 3.8) is 0 Å². The van der Waals surface area contributed by atoms with Crippen molar-refractivity contribution in [2.24, 2.45) is 7.05 Å². The second kappa shape index (κ2) is 5.78. The molecule has 0 aromatic carbocycles. The number of rotatable bonds is 4. The Balaban J connectivity index is 1.94. The number of hydrogen-bond donors (Lipinski definition) is 3. The van der Waals surface area contributed by atoms with Crippen molar-refractivity contribution in [3.05, 3.63) is 30.4 Å². The van der Waals surface area contributed by atoms with Crippen LogP contribution in [0, 0.1) is 0 Å². The fourth-order valence-corrected chi connectivity index (χ4v) is 1.43.